The fraction of sp³-hybridized carbons (Fsp3) is 0.769. The minimum Gasteiger partial charge on any atom is -0.466 e. The molecule has 1 aliphatic rings. The van der Waals surface area contributed by atoms with Gasteiger partial charge in [-0.1, -0.05) is 6.08 Å². The second-order valence-corrected chi connectivity index (χ2v) is 5.26. The number of carbonyl (C=O) groups excluding carboxylic acids is 1. The Hall–Kier alpha value is -0.870. The number of carbonyl (C=O) groups is 1. The third kappa shape index (κ3) is 4.48. The molecule has 0 aromatic carbocycles. The highest BCUT2D eigenvalue weighted by molar-refractivity contribution is 5.87. The molecule has 0 amide bonds. The summed E-state index contributed by atoms with van der Waals surface area (Å²) in [6.45, 7) is 10.6. The summed E-state index contributed by atoms with van der Waals surface area (Å²) in [4.78, 5) is 13.5. The van der Waals surface area contributed by atoms with Gasteiger partial charge in [0, 0.05) is 25.2 Å². The van der Waals surface area contributed by atoms with E-state index in [0.717, 1.165) is 19.6 Å². The van der Waals surface area contributed by atoms with E-state index in [1.165, 1.54) is 7.11 Å². The van der Waals surface area contributed by atoms with Gasteiger partial charge in [-0.2, -0.15) is 0 Å². The molecule has 0 radical (unpaired) electrons. The van der Waals surface area contributed by atoms with E-state index in [2.05, 4.69) is 30.4 Å². The van der Waals surface area contributed by atoms with Gasteiger partial charge in [-0.25, -0.2) is 4.79 Å². The summed E-state index contributed by atoms with van der Waals surface area (Å²) in [6.07, 6.45) is 2.14. The van der Waals surface area contributed by atoms with Crippen molar-refractivity contribution >= 4 is 5.97 Å². The Kier molecular flexibility index (Phi) is 4.71. The highest BCUT2D eigenvalue weighted by atomic mass is 16.5. The van der Waals surface area contributed by atoms with Crippen LogP contribution in [0.1, 0.15) is 27.7 Å². The molecule has 0 N–H and O–H groups in total. The average molecular weight is 241 g/mol. The SMILES string of the molecule is COC(=O)C(C)=CCN1CC(C)OC(C)(C)C1. The molecule has 4 nitrogen and oxygen atoms in total. The van der Waals surface area contributed by atoms with Crippen molar-refractivity contribution in [2.45, 2.75) is 39.4 Å². The van der Waals surface area contributed by atoms with Crippen molar-refractivity contribution in [1.82, 2.24) is 4.90 Å². The lowest BCUT2D eigenvalue weighted by Gasteiger charge is -2.41. The van der Waals surface area contributed by atoms with Crippen molar-refractivity contribution in [1.29, 1.82) is 0 Å². The van der Waals surface area contributed by atoms with Gasteiger partial charge < -0.3 is 9.47 Å². The van der Waals surface area contributed by atoms with Gasteiger partial charge in [0.1, 0.15) is 0 Å². The summed E-state index contributed by atoms with van der Waals surface area (Å²) in [5.41, 5.74) is 0.537. The third-order valence-corrected chi connectivity index (χ3v) is 2.80. The van der Waals surface area contributed by atoms with Gasteiger partial charge in [-0.05, 0) is 27.7 Å². The maximum Gasteiger partial charge on any atom is 0.333 e. The number of nitrogens with zero attached hydrogens (tertiary/aromatic N) is 1. The molecule has 0 aromatic heterocycles. The summed E-state index contributed by atoms with van der Waals surface area (Å²) in [5, 5.41) is 0. The molecule has 1 rings (SSSR count). The van der Waals surface area contributed by atoms with Gasteiger partial charge in [0.05, 0.1) is 18.8 Å². The van der Waals surface area contributed by atoms with Gasteiger partial charge >= 0.3 is 5.97 Å². The number of ether oxygens (including phenoxy) is 2. The van der Waals surface area contributed by atoms with Crippen LogP contribution in [-0.4, -0.2) is 49.3 Å². The first-order chi connectivity index (χ1) is 7.84. The largest absolute Gasteiger partial charge is 0.466 e. The first-order valence-corrected chi connectivity index (χ1v) is 5.99. The van der Waals surface area contributed by atoms with E-state index in [4.69, 9.17) is 4.74 Å². The van der Waals surface area contributed by atoms with Crippen LogP contribution in [0.3, 0.4) is 0 Å². The zero-order valence-electron chi connectivity index (χ0n) is 11.4. The van der Waals surface area contributed by atoms with Crippen molar-refractivity contribution in [2.75, 3.05) is 26.7 Å². The molecule has 1 atom stereocenters. The fourth-order valence-electron chi connectivity index (χ4n) is 2.24. The molecule has 1 unspecified atom stereocenters. The second-order valence-electron chi connectivity index (χ2n) is 5.26. The molecular formula is C13H23NO3. The Morgan fingerprint density at radius 1 is 1.59 bits per heavy atom. The molecule has 0 spiro atoms. The van der Waals surface area contributed by atoms with Crippen molar-refractivity contribution in [3.8, 4) is 0 Å². The molecule has 0 saturated carbocycles. The summed E-state index contributed by atoms with van der Waals surface area (Å²) in [7, 11) is 1.40. The molecule has 0 aromatic rings. The van der Waals surface area contributed by atoms with E-state index in [0.29, 0.717) is 5.57 Å². The van der Waals surface area contributed by atoms with Crippen molar-refractivity contribution < 1.29 is 14.3 Å². The monoisotopic (exact) mass is 241 g/mol. The summed E-state index contributed by atoms with van der Waals surface area (Å²) >= 11 is 0. The normalized spacial score (nSPS) is 25.7. The van der Waals surface area contributed by atoms with Crippen LogP contribution in [-0.2, 0) is 14.3 Å². The van der Waals surface area contributed by atoms with Crippen LogP contribution >= 0.6 is 0 Å². The number of methoxy groups -OCH3 is 1. The average Bonchev–Trinajstić information content (AvgIpc) is 2.22. The van der Waals surface area contributed by atoms with E-state index < -0.39 is 0 Å². The minimum atomic E-state index is -0.259. The summed E-state index contributed by atoms with van der Waals surface area (Å²) in [6, 6.07) is 0. The molecule has 1 aliphatic heterocycles. The van der Waals surface area contributed by atoms with Gasteiger partial charge in [0.2, 0.25) is 0 Å². The molecule has 0 aliphatic carbocycles. The highest BCUT2D eigenvalue weighted by Crippen LogP contribution is 2.20. The number of hydrogen-bond acceptors (Lipinski definition) is 4. The smallest absolute Gasteiger partial charge is 0.333 e. The number of rotatable bonds is 3. The minimum absolute atomic E-state index is 0.120. The maximum absolute atomic E-state index is 11.2. The Morgan fingerprint density at radius 2 is 2.24 bits per heavy atom. The highest BCUT2D eigenvalue weighted by Gasteiger charge is 2.30. The predicted molar refractivity (Wildman–Crippen MR) is 66.8 cm³/mol. The van der Waals surface area contributed by atoms with Crippen LogP contribution in [0.25, 0.3) is 0 Å². The first-order valence-electron chi connectivity index (χ1n) is 5.99. The Balaban J connectivity index is 2.54. The quantitative estimate of drug-likeness (QED) is 0.556. The van der Waals surface area contributed by atoms with Crippen molar-refractivity contribution in [3.05, 3.63) is 11.6 Å². The van der Waals surface area contributed by atoms with Gasteiger partial charge in [0.25, 0.3) is 0 Å². The lowest BCUT2D eigenvalue weighted by atomic mass is 10.1. The van der Waals surface area contributed by atoms with Crippen LogP contribution in [0.4, 0.5) is 0 Å². The third-order valence-electron chi connectivity index (χ3n) is 2.80. The first kappa shape index (κ1) is 14.2. The van der Waals surface area contributed by atoms with Crippen LogP contribution < -0.4 is 0 Å². The summed E-state index contributed by atoms with van der Waals surface area (Å²) < 4.78 is 10.5. The van der Waals surface area contributed by atoms with E-state index in [-0.39, 0.29) is 17.7 Å². The molecule has 1 fully saturated rings. The molecule has 4 heteroatoms. The number of morpholine rings is 1. The second kappa shape index (κ2) is 5.65. The fourth-order valence-corrected chi connectivity index (χ4v) is 2.24. The lowest BCUT2D eigenvalue weighted by molar-refractivity contribution is -0.136. The van der Waals surface area contributed by atoms with Gasteiger partial charge in [-0.3, -0.25) is 4.90 Å². The Bertz CT molecular complexity index is 310. The predicted octanol–water partition coefficient (Wildman–Crippen LogP) is 1.60. The van der Waals surface area contributed by atoms with E-state index in [1.807, 2.05) is 6.08 Å². The van der Waals surface area contributed by atoms with Crippen LogP contribution in [0.5, 0.6) is 0 Å². The summed E-state index contributed by atoms with van der Waals surface area (Å²) in [5.74, 6) is -0.259. The Labute approximate surface area is 104 Å². The van der Waals surface area contributed by atoms with Crippen LogP contribution in [0, 0.1) is 0 Å². The molecule has 1 heterocycles. The molecule has 1 saturated heterocycles. The van der Waals surface area contributed by atoms with E-state index in [9.17, 15) is 4.79 Å². The van der Waals surface area contributed by atoms with Gasteiger partial charge in [-0.15, -0.1) is 0 Å². The molecule has 17 heavy (non-hydrogen) atoms. The standard InChI is InChI=1S/C13H23NO3/c1-10(12(15)16-5)6-7-14-8-11(2)17-13(3,4)9-14/h6,11H,7-9H2,1-5H3. The molecular weight excluding hydrogens is 218 g/mol. The van der Waals surface area contributed by atoms with Crippen LogP contribution in [0.2, 0.25) is 0 Å². The zero-order chi connectivity index (χ0) is 13.1. The Morgan fingerprint density at radius 3 is 2.76 bits per heavy atom. The lowest BCUT2D eigenvalue weighted by Crippen LogP contribution is -2.51. The van der Waals surface area contributed by atoms with E-state index in [1.54, 1.807) is 6.92 Å². The van der Waals surface area contributed by atoms with Gasteiger partial charge in [0.15, 0.2) is 0 Å². The maximum atomic E-state index is 11.2. The number of esters is 1. The van der Waals surface area contributed by atoms with Crippen molar-refractivity contribution in [3.63, 3.8) is 0 Å². The zero-order valence-corrected chi connectivity index (χ0v) is 11.4. The topological polar surface area (TPSA) is 38.8 Å². The van der Waals surface area contributed by atoms with Crippen LogP contribution in [0.15, 0.2) is 11.6 Å². The molecule has 98 valence electrons. The van der Waals surface area contributed by atoms with E-state index >= 15 is 0 Å². The molecule has 0 bridgehead atoms. The number of hydrogen-bond donors (Lipinski definition) is 0. The van der Waals surface area contributed by atoms with Crippen molar-refractivity contribution in [2.24, 2.45) is 0 Å².